The molecule has 1 atom stereocenters. The summed E-state index contributed by atoms with van der Waals surface area (Å²) in [6, 6.07) is 19.7. The zero-order chi connectivity index (χ0) is 14.9. The van der Waals surface area contributed by atoms with E-state index in [1.807, 2.05) is 24.3 Å². The van der Waals surface area contributed by atoms with Crippen molar-refractivity contribution >= 4 is 25.4 Å². The molecule has 110 valence electrons. The van der Waals surface area contributed by atoms with E-state index < -0.39 is 0 Å². The van der Waals surface area contributed by atoms with E-state index in [1.54, 1.807) is 12.1 Å². The maximum atomic E-state index is 12.0. The van der Waals surface area contributed by atoms with Gasteiger partial charge in [0, 0.05) is 0 Å². The van der Waals surface area contributed by atoms with E-state index in [0.29, 0.717) is 31.9 Å². The van der Waals surface area contributed by atoms with E-state index in [9.17, 15) is 4.79 Å². The Labute approximate surface area is 132 Å². The van der Waals surface area contributed by atoms with Crippen molar-refractivity contribution in [2.45, 2.75) is 24.6 Å². The van der Waals surface area contributed by atoms with Crippen molar-refractivity contribution in [1.29, 1.82) is 0 Å². The second-order valence-corrected chi connectivity index (χ2v) is 7.69. The summed E-state index contributed by atoms with van der Waals surface area (Å²) in [6.07, 6.45) is 2.21. The molecule has 0 aliphatic carbocycles. The molecule has 2 nitrogen and oxygen atoms in total. The van der Waals surface area contributed by atoms with Gasteiger partial charge in [-0.1, -0.05) is 0 Å². The van der Waals surface area contributed by atoms with Crippen molar-refractivity contribution in [2.24, 2.45) is 0 Å². The first-order valence-electron chi connectivity index (χ1n) is 7.23. The molecule has 0 saturated carbocycles. The molecule has 0 aliphatic heterocycles. The van der Waals surface area contributed by atoms with Gasteiger partial charge in [-0.05, 0) is 0 Å². The van der Waals surface area contributed by atoms with Crippen LogP contribution in [0.25, 0.3) is 0 Å². The van der Waals surface area contributed by atoms with Gasteiger partial charge in [0.05, 0.1) is 0 Å². The Hall–Kier alpha value is -1.57. The monoisotopic (exact) mass is 348 g/mol. The molecule has 0 fully saturated rings. The van der Waals surface area contributed by atoms with Crippen molar-refractivity contribution in [3.05, 3.63) is 66.2 Å². The fourth-order valence-corrected chi connectivity index (χ4v) is 4.51. The number of carbonyl (C=O) groups is 1. The number of esters is 1. The van der Waals surface area contributed by atoms with Crippen LogP contribution in [0.2, 0.25) is 4.82 Å². The number of rotatable bonds is 7. The fraction of sp³-hybridized carbons (Fsp3) is 0.278. The zero-order valence-corrected chi connectivity index (χ0v) is 13.9. The third kappa shape index (κ3) is 5.37. The average molecular weight is 347 g/mol. The molecule has 0 N–H and O–H groups in total. The fourth-order valence-electron chi connectivity index (χ4n) is 2.02. The molecule has 0 spiro atoms. The van der Waals surface area contributed by atoms with Gasteiger partial charge in [0.15, 0.2) is 0 Å². The number of hydrogen-bond acceptors (Lipinski definition) is 2. The van der Waals surface area contributed by atoms with Crippen LogP contribution in [-0.2, 0) is 4.74 Å². The predicted molar refractivity (Wildman–Crippen MR) is 87.2 cm³/mol. The zero-order valence-electron chi connectivity index (χ0n) is 12.2. The van der Waals surface area contributed by atoms with Crippen molar-refractivity contribution in [2.75, 3.05) is 6.61 Å². The normalized spacial score (nSPS) is 11.9. The number of carbonyl (C=O) groups excluding carboxylic acids is 1. The second kappa shape index (κ2) is 8.66. The predicted octanol–water partition coefficient (Wildman–Crippen LogP) is 3.46. The van der Waals surface area contributed by atoms with Crippen molar-refractivity contribution in [1.82, 2.24) is 0 Å². The summed E-state index contributed by atoms with van der Waals surface area (Å²) < 4.78 is 6.85. The summed E-state index contributed by atoms with van der Waals surface area (Å²) in [5.74, 6) is -0.222. The molecule has 3 heteroatoms. The minimum absolute atomic E-state index is 0.222. The van der Waals surface area contributed by atoms with E-state index >= 15 is 0 Å². The van der Waals surface area contributed by atoms with E-state index in [4.69, 9.17) is 4.74 Å². The van der Waals surface area contributed by atoms with E-state index in [2.05, 4.69) is 31.2 Å². The van der Waals surface area contributed by atoms with Gasteiger partial charge in [-0.25, -0.2) is 0 Å². The Morgan fingerprint density at radius 2 is 1.67 bits per heavy atom. The maximum absolute atomic E-state index is 12.0. The number of ether oxygens (including phenoxy) is 1. The van der Waals surface area contributed by atoms with Crippen molar-refractivity contribution < 1.29 is 9.53 Å². The van der Waals surface area contributed by atoms with E-state index in [0.717, 1.165) is 12.8 Å². The summed E-state index contributed by atoms with van der Waals surface area (Å²) in [7, 11) is 0. The standard InChI is InChI=1S/C18H20O2Se/c1-2-9-17(21-16-12-7-4-8-13-16)14-20-18(19)15-10-5-3-6-11-15/h3-8,10-13,17H,2,9,14H2,1H3. The molecule has 0 heterocycles. The molecule has 21 heavy (non-hydrogen) atoms. The molecule has 2 aromatic rings. The van der Waals surface area contributed by atoms with Gasteiger partial charge < -0.3 is 0 Å². The summed E-state index contributed by atoms with van der Waals surface area (Å²) in [5, 5.41) is 0. The first kappa shape index (κ1) is 15.8. The molecule has 2 rings (SSSR count). The Bertz CT molecular complexity index is 540. The summed E-state index contributed by atoms with van der Waals surface area (Å²) in [5.41, 5.74) is 0.625. The average Bonchev–Trinajstić information content (AvgIpc) is 2.54. The Morgan fingerprint density at radius 3 is 2.29 bits per heavy atom. The van der Waals surface area contributed by atoms with Crippen LogP contribution in [0, 0.1) is 0 Å². The molecule has 2 aromatic carbocycles. The van der Waals surface area contributed by atoms with Gasteiger partial charge in [0.2, 0.25) is 0 Å². The van der Waals surface area contributed by atoms with E-state index in [-0.39, 0.29) is 5.97 Å². The summed E-state index contributed by atoms with van der Waals surface area (Å²) in [6.45, 7) is 2.68. The van der Waals surface area contributed by atoms with Crippen molar-refractivity contribution in [3.8, 4) is 0 Å². The third-order valence-electron chi connectivity index (χ3n) is 3.07. The second-order valence-electron chi connectivity index (χ2n) is 4.81. The molecule has 0 saturated heterocycles. The Balaban J connectivity index is 1.89. The van der Waals surface area contributed by atoms with Gasteiger partial charge in [-0.3, -0.25) is 0 Å². The van der Waals surface area contributed by atoms with Crippen LogP contribution in [0.5, 0.6) is 0 Å². The molecular weight excluding hydrogens is 327 g/mol. The molecule has 0 aromatic heterocycles. The van der Waals surface area contributed by atoms with Crippen LogP contribution >= 0.6 is 0 Å². The first-order chi connectivity index (χ1) is 10.3. The first-order valence-corrected chi connectivity index (χ1v) is 9.08. The number of benzene rings is 2. The molecule has 0 amide bonds. The number of hydrogen-bond donors (Lipinski definition) is 0. The molecule has 0 bridgehead atoms. The van der Waals surface area contributed by atoms with Crippen LogP contribution in [0.4, 0.5) is 0 Å². The van der Waals surface area contributed by atoms with Crippen LogP contribution in [-0.4, -0.2) is 27.5 Å². The van der Waals surface area contributed by atoms with Gasteiger partial charge in [-0.2, -0.15) is 0 Å². The summed E-state index contributed by atoms with van der Waals surface area (Å²) >= 11 is 0.342. The SMILES string of the molecule is CCCC(COC(=O)c1ccccc1)[Se]c1ccccc1. The minimum atomic E-state index is -0.222. The van der Waals surface area contributed by atoms with Crippen LogP contribution in [0.1, 0.15) is 30.1 Å². The van der Waals surface area contributed by atoms with Crippen LogP contribution in [0.3, 0.4) is 0 Å². The Kier molecular flexibility index (Phi) is 6.52. The molecule has 0 aliphatic rings. The van der Waals surface area contributed by atoms with Crippen LogP contribution < -0.4 is 4.46 Å². The topological polar surface area (TPSA) is 26.3 Å². The van der Waals surface area contributed by atoms with E-state index in [1.165, 1.54) is 4.46 Å². The van der Waals surface area contributed by atoms with Gasteiger partial charge in [0.1, 0.15) is 0 Å². The van der Waals surface area contributed by atoms with Gasteiger partial charge in [-0.15, -0.1) is 0 Å². The van der Waals surface area contributed by atoms with Crippen LogP contribution in [0.15, 0.2) is 60.7 Å². The molecular formula is C18H20O2Se. The van der Waals surface area contributed by atoms with Gasteiger partial charge >= 0.3 is 132 Å². The molecule has 1 unspecified atom stereocenters. The van der Waals surface area contributed by atoms with Gasteiger partial charge in [0.25, 0.3) is 0 Å². The van der Waals surface area contributed by atoms with Crippen molar-refractivity contribution in [3.63, 3.8) is 0 Å². The Morgan fingerprint density at radius 1 is 1.05 bits per heavy atom. The quantitative estimate of drug-likeness (QED) is 0.566. The third-order valence-corrected chi connectivity index (χ3v) is 5.69. The summed E-state index contributed by atoms with van der Waals surface area (Å²) in [4.78, 5) is 12.4. The molecule has 0 radical (unpaired) electrons.